The van der Waals surface area contributed by atoms with Gasteiger partial charge in [-0.2, -0.15) is 5.26 Å². The molecule has 2 aromatic heterocycles. The third-order valence-corrected chi connectivity index (χ3v) is 5.55. The molecule has 1 aromatic carbocycles. The Balaban J connectivity index is 2.30. The Morgan fingerprint density at radius 2 is 1.91 bits per heavy atom. The fourth-order valence-corrected chi connectivity index (χ4v) is 3.58. The average molecular weight is 465 g/mol. The second kappa shape index (κ2) is 10.4. The van der Waals surface area contributed by atoms with Gasteiger partial charge in [-0.25, -0.2) is 9.97 Å². The van der Waals surface area contributed by atoms with Gasteiger partial charge in [0, 0.05) is 18.7 Å². The number of anilines is 1. The molecule has 10 heteroatoms. The van der Waals surface area contributed by atoms with Crippen LogP contribution in [0.25, 0.3) is 28.2 Å². The van der Waals surface area contributed by atoms with Crippen LogP contribution in [-0.2, 0) is 11.3 Å². The number of hydrogen-bond acceptors (Lipinski definition) is 8. The van der Waals surface area contributed by atoms with Crippen molar-refractivity contribution in [3.05, 3.63) is 47.4 Å². The second-order valence-electron chi connectivity index (χ2n) is 8.31. The zero-order chi connectivity index (χ0) is 24.9. The van der Waals surface area contributed by atoms with Gasteiger partial charge in [0.15, 0.2) is 0 Å². The molecule has 0 aliphatic rings. The van der Waals surface area contributed by atoms with Gasteiger partial charge >= 0.3 is 0 Å². The lowest BCUT2D eigenvalue weighted by Gasteiger charge is -2.25. The van der Waals surface area contributed by atoms with Gasteiger partial charge in [0.2, 0.25) is 0 Å². The van der Waals surface area contributed by atoms with E-state index in [1.165, 1.54) is 19.3 Å². The molecule has 2 heterocycles. The van der Waals surface area contributed by atoms with E-state index in [0.29, 0.717) is 35.3 Å². The van der Waals surface area contributed by atoms with E-state index >= 15 is 0 Å². The van der Waals surface area contributed by atoms with Crippen LogP contribution in [0.2, 0.25) is 0 Å². The molecule has 1 amide bonds. The minimum Gasteiger partial charge on any atom is -0.396 e. The SMILES string of the molecule is Cc1ccc(-c2c(C=C(C#N)C(=O)NC(C)(CO)CO)n(CCCO)c3ncnc(N)c23)cc1. The van der Waals surface area contributed by atoms with E-state index in [2.05, 4.69) is 15.3 Å². The van der Waals surface area contributed by atoms with E-state index in [4.69, 9.17) is 5.73 Å². The maximum Gasteiger partial charge on any atom is 0.262 e. The van der Waals surface area contributed by atoms with Gasteiger partial charge in [0.1, 0.15) is 29.4 Å². The van der Waals surface area contributed by atoms with Gasteiger partial charge in [-0.3, -0.25) is 4.79 Å². The van der Waals surface area contributed by atoms with Crippen molar-refractivity contribution >= 4 is 28.8 Å². The fraction of sp³-hybridized carbons (Fsp3) is 0.333. The summed E-state index contributed by atoms with van der Waals surface area (Å²) in [6, 6.07) is 9.59. The molecule has 10 nitrogen and oxygen atoms in total. The molecule has 0 bridgehead atoms. The molecule has 0 atom stereocenters. The summed E-state index contributed by atoms with van der Waals surface area (Å²) < 4.78 is 1.79. The first-order chi connectivity index (χ1) is 16.3. The minimum atomic E-state index is -1.30. The normalized spacial score (nSPS) is 12.1. The van der Waals surface area contributed by atoms with Gasteiger partial charge in [-0.05, 0) is 31.9 Å². The van der Waals surface area contributed by atoms with E-state index in [0.717, 1.165) is 11.1 Å². The summed E-state index contributed by atoms with van der Waals surface area (Å²) in [6.07, 6.45) is 3.17. The molecule has 0 saturated carbocycles. The Kier molecular flexibility index (Phi) is 7.63. The van der Waals surface area contributed by atoms with Crippen molar-refractivity contribution in [2.75, 3.05) is 25.6 Å². The maximum absolute atomic E-state index is 12.9. The van der Waals surface area contributed by atoms with Gasteiger partial charge in [-0.1, -0.05) is 29.8 Å². The number of benzene rings is 1. The van der Waals surface area contributed by atoms with Crippen LogP contribution in [0.1, 0.15) is 24.6 Å². The molecule has 3 rings (SSSR count). The molecule has 0 spiro atoms. The number of nitriles is 1. The van der Waals surface area contributed by atoms with E-state index in [-0.39, 0.29) is 18.0 Å². The number of amides is 1. The number of aryl methyl sites for hydroxylation is 2. The van der Waals surface area contributed by atoms with Gasteiger partial charge in [0.25, 0.3) is 5.91 Å². The lowest BCUT2D eigenvalue weighted by atomic mass is 10.00. The van der Waals surface area contributed by atoms with Crippen LogP contribution < -0.4 is 11.1 Å². The van der Waals surface area contributed by atoms with Crippen LogP contribution >= 0.6 is 0 Å². The number of nitrogens with two attached hydrogens (primary N) is 1. The van der Waals surface area contributed by atoms with E-state index < -0.39 is 24.7 Å². The number of rotatable bonds is 9. The smallest absolute Gasteiger partial charge is 0.262 e. The number of aliphatic hydroxyl groups is 3. The van der Waals surface area contributed by atoms with Crippen LogP contribution in [0.4, 0.5) is 5.82 Å². The van der Waals surface area contributed by atoms with Crippen molar-refractivity contribution in [2.45, 2.75) is 32.4 Å². The fourth-order valence-electron chi connectivity index (χ4n) is 3.58. The summed E-state index contributed by atoms with van der Waals surface area (Å²) in [6.45, 7) is 2.69. The van der Waals surface area contributed by atoms with E-state index in [1.807, 2.05) is 37.3 Å². The number of nitrogens with one attached hydrogen (secondary N) is 1. The zero-order valence-electron chi connectivity index (χ0n) is 19.1. The Morgan fingerprint density at radius 1 is 1.24 bits per heavy atom. The number of carbonyl (C=O) groups excluding carboxylic acids is 1. The summed E-state index contributed by atoms with van der Waals surface area (Å²) in [5, 5.41) is 41.4. The number of aliphatic hydroxyl groups excluding tert-OH is 3. The van der Waals surface area contributed by atoms with Gasteiger partial charge < -0.3 is 30.9 Å². The van der Waals surface area contributed by atoms with Crippen LogP contribution in [-0.4, -0.2) is 61.1 Å². The second-order valence-corrected chi connectivity index (χ2v) is 8.31. The summed E-state index contributed by atoms with van der Waals surface area (Å²) >= 11 is 0. The summed E-state index contributed by atoms with van der Waals surface area (Å²) in [5.41, 5.74) is 8.22. The molecule has 3 aromatic rings. The highest BCUT2D eigenvalue weighted by Gasteiger charge is 2.27. The summed E-state index contributed by atoms with van der Waals surface area (Å²) in [7, 11) is 0. The predicted octanol–water partition coefficient (Wildman–Crippen LogP) is 1.14. The van der Waals surface area contributed by atoms with Crippen molar-refractivity contribution in [3.63, 3.8) is 0 Å². The van der Waals surface area contributed by atoms with Gasteiger partial charge in [-0.15, -0.1) is 0 Å². The average Bonchev–Trinajstić information content (AvgIpc) is 3.15. The summed E-state index contributed by atoms with van der Waals surface area (Å²) in [4.78, 5) is 21.4. The summed E-state index contributed by atoms with van der Waals surface area (Å²) in [5.74, 6) is -0.505. The number of hydrogen-bond donors (Lipinski definition) is 5. The monoisotopic (exact) mass is 464 g/mol. The first-order valence-electron chi connectivity index (χ1n) is 10.7. The molecule has 0 unspecified atom stereocenters. The van der Waals surface area contributed by atoms with Gasteiger partial charge in [0.05, 0.1) is 29.8 Å². The van der Waals surface area contributed by atoms with E-state index in [1.54, 1.807) is 4.57 Å². The lowest BCUT2D eigenvalue weighted by Crippen LogP contribution is -2.52. The highest BCUT2D eigenvalue weighted by atomic mass is 16.3. The molecule has 178 valence electrons. The number of nitrogens with zero attached hydrogens (tertiary/aromatic N) is 4. The molecule has 6 N–H and O–H groups in total. The quantitative estimate of drug-likeness (QED) is 0.232. The first kappa shape index (κ1) is 24.9. The molecular weight excluding hydrogens is 436 g/mol. The molecular formula is C24H28N6O4. The number of carbonyl (C=O) groups is 1. The zero-order valence-corrected chi connectivity index (χ0v) is 19.1. The topological polar surface area (TPSA) is 170 Å². The predicted molar refractivity (Wildman–Crippen MR) is 128 cm³/mol. The van der Waals surface area contributed by atoms with Crippen molar-refractivity contribution in [1.29, 1.82) is 5.26 Å². The largest absolute Gasteiger partial charge is 0.396 e. The highest BCUT2D eigenvalue weighted by Crippen LogP contribution is 2.38. The van der Waals surface area contributed by atoms with Crippen LogP contribution in [0, 0.1) is 18.3 Å². The lowest BCUT2D eigenvalue weighted by molar-refractivity contribution is -0.119. The van der Waals surface area contributed by atoms with Crippen LogP contribution in [0.3, 0.4) is 0 Å². The third kappa shape index (κ3) is 4.92. The molecule has 0 fully saturated rings. The van der Waals surface area contributed by atoms with Crippen molar-refractivity contribution in [1.82, 2.24) is 19.9 Å². The molecule has 0 saturated heterocycles. The Morgan fingerprint density at radius 3 is 2.50 bits per heavy atom. The highest BCUT2D eigenvalue weighted by molar-refractivity contribution is 6.08. The molecule has 34 heavy (non-hydrogen) atoms. The molecule has 0 aliphatic carbocycles. The van der Waals surface area contributed by atoms with Crippen molar-refractivity contribution in [3.8, 4) is 17.2 Å². The Hall–Kier alpha value is -3.78. The Bertz CT molecular complexity index is 1250. The standard InChI is InChI=1S/C24H28N6O4/c1-15-4-6-16(7-5-15)19-18(10-17(11-25)23(34)29-24(2,12-32)13-33)30(8-3-9-31)22-20(19)21(26)27-14-28-22/h4-7,10,14,31-33H,3,8-9,12-13H2,1-2H3,(H,29,34)(H2,26,27,28). The van der Waals surface area contributed by atoms with Crippen molar-refractivity contribution < 1.29 is 20.1 Å². The van der Waals surface area contributed by atoms with E-state index in [9.17, 15) is 25.4 Å². The molecule has 0 radical (unpaired) electrons. The van der Waals surface area contributed by atoms with Crippen LogP contribution in [0.15, 0.2) is 36.2 Å². The number of fused-ring (bicyclic) bond motifs is 1. The number of aromatic nitrogens is 3. The molecule has 0 aliphatic heterocycles. The third-order valence-electron chi connectivity index (χ3n) is 5.55. The first-order valence-corrected chi connectivity index (χ1v) is 10.7. The maximum atomic E-state index is 12.9. The van der Waals surface area contributed by atoms with Crippen LogP contribution in [0.5, 0.6) is 0 Å². The van der Waals surface area contributed by atoms with Crippen molar-refractivity contribution in [2.24, 2.45) is 0 Å². The minimum absolute atomic E-state index is 0.0692. The Labute approximate surface area is 197 Å². The number of nitrogen functional groups attached to an aromatic ring is 1.